The third-order valence-corrected chi connectivity index (χ3v) is 6.64. The number of primary amides is 1. The fourth-order valence-electron chi connectivity index (χ4n) is 5.94. The molecular weight excluding hydrogens is 370 g/mol. The number of esters is 1. The summed E-state index contributed by atoms with van der Waals surface area (Å²) in [7, 11) is 0. The summed E-state index contributed by atoms with van der Waals surface area (Å²) in [6.45, 7) is 0.150. The van der Waals surface area contributed by atoms with Crippen LogP contribution < -0.4 is 16.4 Å². The topological polar surface area (TPSA) is 111 Å². The van der Waals surface area contributed by atoms with Crippen molar-refractivity contribution in [2.75, 3.05) is 6.54 Å². The molecule has 0 saturated heterocycles. The van der Waals surface area contributed by atoms with E-state index in [1.807, 2.05) is 0 Å². The molecule has 29 heavy (non-hydrogen) atoms. The second kappa shape index (κ2) is 8.05. The van der Waals surface area contributed by atoms with Crippen molar-refractivity contribution in [1.29, 1.82) is 0 Å². The predicted octanol–water partition coefficient (Wildman–Crippen LogP) is 2.41. The van der Waals surface area contributed by atoms with Gasteiger partial charge in [-0.2, -0.15) is 0 Å². The van der Waals surface area contributed by atoms with Crippen LogP contribution in [0.1, 0.15) is 56.6 Å². The molecule has 0 radical (unpaired) electrons. The van der Waals surface area contributed by atoms with Crippen LogP contribution in [-0.4, -0.2) is 30.0 Å². The summed E-state index contributed by atoms with van der Waals surface area (Å²) in [5.41, 5.74) is 5.83. The second-order valence-electron chi connectivity index (χ2n) is 9.01. The molecular formula is C22H29N3O4. The third-order valence-electron chi connectivity index (χ3n) is 6.64. The van der Waals surface area contributed by atoms with Gasteiger partial charge >= 0.3 is 12.0 Å². The van der Waals surface area contributed by atoms with E-state index in [1.54, 1.807) is 30.3 Å². The van der Waals surface area contributed by atoms with Crippen LogP contribution >= 0.6 is 0 Å². The van der Waals surface area contributed by atoms with Crippen LogP contribution in [0.3, 0.4) is 0 Å². The average Bonchev–Trinajstić information content (AvgIpc) is 2.65. The van der Waals surface area contributed by atoms with E-state index in [0.717, 1.165) is 37.0 Å². The SMILES string of the molecule is NC(=O)C(OC(=O)CCNC(=O)NC12CC3CC(CC(C3)C1)C2)c1ccccc1. The minimum atomic E-state index is -1.12. The number of urea groups is 1. The number of amides is 3. The van der Waals surface area contributed by atoms with E-state index in [2.05, 4.69) is 10.6 Å². The van der Waals surface area contributed by atoms with E-state index < -0.39 is 18.0 Å². The van der Waals surface area contributed by atoms with Crippen LogP contribution in [0.15, 0.2) is 30.3 Å². The van der Waals surface area contributed by atoms with Gasteiger partial charge in [-0.05, 0) is 56.3 Å². The molecule has 1 atom stereocenters. The number of ether oxygens (including phenoxy) is 1. The molecule has 1 aromatic carbocycles. The maximum Gasteiger partial charge on any atom is 0.315 e. The van der Waals surface area contributed by atoms with Gasteiger partial charge in [0.05, 0.1) is 6.42 Å². The molecule has 5 rings (SSSR count). The van der Waals surface area contributed by atoms with Crippen LogP contribution in [0.4, 0.5) is 4.79 Å². The first-order chi connectivity index (χ1) is 13.9. The first-order valence-corrected chi connectivity index (χ1v) is 10.5. The van der Waals surface area contributed by atoms with Gasteiger partial charge < -0.3 is 21.1 Å². The van der Waals surface area contributed by atoms with Gasteiger partial charge in [0, 0.05) is 17.6 Å². The molecule has 1 aromatic rings. The number of rotatable bonds is 7. The lowest BCUT2D eigenvalue weighted by atomic mass is 9.53. The summed E-state index contributed by atoms with van der Waals surface area (Å²) < 4.78 is 5.23. The van der Waals surface area contributed by atoms with Gasteiger partial charge in [-0.1, -0.05) is 30.3 Å². The molecule has 1 unspecified atom stereocenters. The molecule has 156 valence electrons. The normalized spacial score (nSPS) is 30.4. The smallest absolute Gasteiger partial charge is 0.315 e. The van der Waals surface area contributed by atoms with Crippen molar-refractivity contribution in [1.82, 2.24) is 10.6 Å². The van der Waals surface area contributed by atoms with Crippen LogP contribution in [0.25, 0.3) is 0 Å². The minimum absolute atomic E-state index is 0.0229. The zero-order chi connectivity index (χ0) is 20.4. The summed E-state index contributed by atoms with van der Waals surface area (Å²) in [5.74, 6) is 0.950. The highest BCUT2D eigenvalue weighted by atomic mass is 16.5. The molecule has 4 saturated carbocycles. The standard InChI is InChI=1S/C22H29N3O4/c23-20(27)19(17-4-2-1-3-5-17)29-18(26)6-7-24-21(28)25-22-11-14-8-15(12-22)10-16(9-14)13-22/h1-5,14-16,19H,6-13H2,(H2,23,27)(H2,24,25,28). The number of nitrogens with two attached hydrogens (primary N) is 1. The Hall–Kier alpha value is -2.57. The number of benzene rings is 1. The van der Waals surface area contributed by atoms with E-state index in [1.165, 1.54) is 19.3 Å². The van der Waals surface area contributed by atoms with Crippen molar-refractivity contribution >= 4 is 17.9 Å². The van der Waals surface area contributed by atoms with Gasteiger partial charge in [-0.25, -0.2) is 4.79 Å². The van der Waals surface area contributed by atoms with Gasteiger partial charge in [0.2, 0.25) is 6.10 Å². The lowest BCUT2D eigenvalue weighted by Crippen LogP contribution is -2.61. The summed E-state index contributed by atoms with van der Waals surface area (Å²) in [6, 6.07) is 8.43. The lowest BCUT2D eigenvalue weighted by Gasteiger charge is -2.56. The molecule has 7 nitrogen and oxygen atoms in total. The number of carbonyl (C=O) groups excluding carboxylic acids is 3. The fraction of sp³-hybridized carbons (Fsp3) is 0.591. The van der Waals surface area contributed by atoms with Crippen molar-refractivity contribution in [2.24, 2.45) is 23.5 Å². The second-order valence-corrected chi connectivity index (χ2v) is 9.01. The van der Waals surface area contributed by atoms with E-state index in [0.29, 0.717) is 5.56 Å². The molecule has 0 spiro atoms. The molecule has 0 aromatic heterocycles. The van der Waals surface area contributed by atoms with Crippen molar-refractivity contribution < 1.29 is 19.1 Å². The first kappa shape index (κ1) is 19.7. The highest BCUT2D eigenvalue weighted by molar-refractivity contribution is 5.83. The Morgan fingerprint density at radius 1 is 1.03 bits per heavy atom. The quantitative estimate of drug-likeness (QED) is 0.612. The molecule has 4 aliphatic rings. The number of carbonyl (C=O) groups is 3. The minimum Gasteiger partial charge on any atom is -0.447 e. The molecule has 4 aliphatic carbocycles. The van der Waals surface area contributed by atoms with Gasteiger partial charge in [-0.3, -0.25) is 9.59 Å². The van der Waals surface area contributed by atoms with Crippen LogP contribution in [0, 0.1) is 17.8 Å². The Bertz CT molecular complexity index is 744. The zero-order valence-corrected chi connectivity index (χ0v) is 16.6. The Labute approximate surface area is 170 Å². The molecule has 4 bridgehead atoms. The van der Waals surface area contributed by atoms with Gasteiger partial charge in [0.25, 0.3) is 5.91 Å². The van der Waals surface area contributed by atoms with Crippen molar-refractivity contribution in [3.63, 3.8) is 0 Å². The summed E-state index contributed by atoms with van der Waals surface area (Å²) in [5, 5.41) is 5.97. The number of nitrogens with one attached hydrogen (secondary N) is 2. The molecule has 0 heterocycles. The highest BCUT2D eigenvalue weighted by Gasteiger charge is 2.51. The van der Waals surface area contributed by atoms with Crippen molar-refractivity contribution in [3.8, 4) is 0 Å². The van der Waals surface area contributed by atoms with E-state index in [4.69, 9.17) is 10.5 Å². The third kappa shape index (κ3) is 4.54. The summed E-state index contributed by atoms with van der Waals surface area (Å²) in [4.78, 5) is 36.2. The Balaban J connectivity index is 1.23. The fourth-order valence-corrected chi connectivity index (χ4v) is 5.94. The predicted molar refractivity (Wildman–Crippen MR) is 107 cm³/mol. The van der Waals surface area contributed by atoms with Crippen LogP contribution in [0.5, 0.6) is 0 Å². The monoisotopic (exact) mass is 399 g/mol. The molecule has 0 aliphatic heterocycles. The first-order valence-electron chi connectivity index (χ1n) is 10.5. The molecule has 7 heteroatoms. The molecule has 4 N–H and O–H groups in total. The Morgan fingerprint density at radius 3 is 2.17 bits per heavy atom. The number of hydrogen-bond donors (Lipinski definition) is 3. The van der Waals surface area contributed by atoms with Crippen LogP contribution in [-0.2, 0) is 14.3 Å². The Kier molecular flexibility index (Phi) is 5.48. The van der Waals surface area contributed by atoms with Gasteiger partial charge in [0.1, 0.15) is 0 Å². The van der Waals surface area contributed by atoms with Crippen molar-refractivity contribution in [3.05, 3.63) is 35.9 Å². The molecule has 4 fully saturated rings. The lowest BCUT2D eigenvalue weighted by molar-refractivity contribution is -0.155. The Morgan fingerprint density at radius 2 is 1.62 bits per heavy atom. The largest absolute Gasteiger partial charge is 0.447 e. The maximum atomic E-state index is 12.4. The van der Waals surface area contributed by atoms with E-state index >= 15 is 0 Å². The van der Waals surface area contributed by atoms with Gasteiger partial charge in [0.15, 0.2) is 0 Å². The summed E-state index contributed by atoms with van der Waals surface area (Å²) >= 11 is 0. The maximum absolute atomic E-state index is 12.4. The molecule has 3 amide bonds. The summed E-state index contributed by atoms with van der Waals surface area (Å²) in [6.07, 6.45) is 6.03. The van der Waals surface area contributed by atoms with Crippen molar-refractivity contribution in [2.45, 2.75) is 56.6 Å². The average molecular weight is 399 g/mol. The number of hydrogen-bond acceptors (Lipinski definition) is 4. The van der Waals surface area contributed by atoms with E-state index in [-0.39, 0.29) is 24.5 Å². The van der Waals surface area contributed by atoms with Gasteiger partial charge in [-0.15, -0.1) is 0 Å². The highest BCUT2D eigenvalue weighted by Crippen LogP contribution is 2.55. The zero-order valence-electron chi connectivity index (χ0n) is 16.6. The van der Waals surface area contributed by atoms with Crippen LogP contribution in [0.2, 0.25) is 0 Å². The van der Waals surface area contributed by atoms with E-state index in [9.17, 15) is 14.4 Å².